The van der Waals surface area contributed by atoms with Gasteiger partial charge in [-0.05, 0) is 51.9 Å². The first-order valence-corrected chi connectivity index (χ1v) is 13.3. The normalized spacial score (nSPS) is 22.0. The Kier molecular flexibility index (Phi) is 8.97. The number of rotatable bonds is 6. The van der Waals surface area contributed by atoms with Gasteiger partial charge in [-0.3, -0.25) is 9.59 Å². The number of piperazine rings is 1. The fraction of sp³-hybridized carbons (Fsp3) is 0.500. The number of nitrogens with zero attached hydrogens (tertiary/aromatic N) is 4. The molecule has 0 bridgehead atoms. The summed E-state index contributed by atoms with van der Waals surface area (Å²) in [6.45, 7) is 7.85. The maximum atomic E-state index is 15.7. The number of benzene rings is 1. The third kappa shape index (κ3) is 6.55. The molecule has 0 aliphatic carbocycles. The molecular formula is C28H34F3N5O4. The van der Waals surface area contributed by atoms with Gasteiger partial charge in [-0.2, -0.15) is 0 Å². The Bertz CT molecular complexity index is 1260. The summed E-state index contributed by atoms with van der Waals surface area (Å²) in [6.07, 6.45) is 0.0481. The van der Waals surface area contributed by atoms with Crippen molar-refractivity contribution in [1.82, 2.24) is 9.80 Å². The zero-order chi connectivity index (χ0) is 29.1. The topological polar surface area (TPSA) is 94.5 Å². The Balaban J connectivity index is 1.69. The van der Waals surface area contributed by atoms with Gasteiger partial charge in [-0.1, -0.05) is 6.08 Å². The van der Waals surface area contributed by atoms with E-state index in [0.29, 0.717) is 49.9 Å². The van der Waals surface area contributed by atoms with Crippen molar-refractivity contribution < 1.29 is 32.3 Å². The van der Waals surface area contributed by atoms with E-state index in [-0.39, 0.29) is 29.9 Å². The van der Waals surface area contributed by atoms with E-state index in [1.807, 2.05) is 24.9 Å². The second-order valence-electron chi connectivity index (χ2n) is 10.5. The average Bonchev–Trinajstić information content (AvgIpc) is 2.90. The number of ether oxygens (including phenoxy) is 1. The molecule has 3 heterocycles. The molecule has 0 spiro atoms. The molecule has 3 aliphatic heterocycles. The molecule has 0 saturated carbocycles. The zero-order valence-electron chi connectivity index (χ0n) is 23.0. The Morgan fingerprint density at radius 1 is 1.18 bits per heavy atom. The van der Waals surface area contributed by atoms with Gasteiger partial charge in [0.15, 0.2) is 0 Å². The molecule has 1 saturated heterocycles. The number of nitrogens with one attached hydrogen (secondary N) is 1. The molecule has 1 aromatic rings. The van der Waals surface area contributed by atoms with E-state index in [9.17, 15) is 23.2 Å². The molecule has 1 unspecified atom stereocenters. The van der Waals surface area contributed by atoms with Crippen LogP contribution in [0.5, 0.6) is 0 Å². The van der Waals surface area contributed by atoms with E-state index in [4.69, 9.17) is 4.74 Å². The summed E-state index contributed by atoms with van der Waals surface area (Å²) in [6, 6.07) is 2.95. The van der Waals surface area contributed by atoms with Crippen molar-refractivity contribution in [2.24, 2.45) is 10.9 Å². The molecule has 0 radical (unpaired) electrons. The van der Waals surface area contributed by atoms with Crippen LogP contribution in [-0.4, -0.2) is 92.3 Å². The molecule has 1 fully saturated rings. The van der Waals surface area contributed by atoms with Crippen LogP contribution in [0.15, 0.2) is 34.9 Å². The summed E-state index contributed by atoms with van der Waals surface area (Å²) >= 11 is 0. The Morgan fingerprint density at radius 3 is 2.60 bits per heavy atom. The highest BCUT2D eigenvalue weighted by atomic mass is 19.3. The smallest absolute Gasteiger partial charge is 0.410 e. The predicted octanol–water partition coefficient (Wildman–Crippen LogP) is 3.96. The molecule has 2 atom stereocenters. The highest BCUT2D eigenvalue weighted by molar-refractivity contribution is 6.11. The summed E-state index contributed by atoms with van der Waals surface area (Å²) in [5.74, 6) is -3.67. The van der Waals surface area contributed by atoms with Gasteiger partial charge in [0.25, 0.3) is 12.3 Å². The van der Waals surface area contributed by atoms with Crippen LogP contribution in [0.3, 0.4) is 0 Å². The maximum Gasteiger partial charge on any atom is 0.410 e. The molecule has 216 valence electrons. The third-order valence-electron chi connectivity index (χ3n) is 7.27. The van der Waals surface area contributed by atoms with Gasteiger partial charge in [0.1, 0.15) is 11.7 Å². The number of carbonyl (C=O) groups excluding carboxylic acids is 3. The molecular weight excluding hydrogens is 527 g/mol. The van der Waals surface area contributed by atoms with E-state index in [1.165, 1.54) is 17.0 Å². The Labute approximate surface area is 231 Å². The third-order valence-corrected chi connectivity index (χ3v) is 7.27. The van der Waals surface area contributed by atoms with Crippen LogP contribution in [0.1, 0.15) is 32.8 Å². The summed E-state index contributed by atoms with van der Waals surface area (Å²) < 4.78 is 48.3. The predicted molar refractivity (Wildman–Crippen MR) is 146 cm³/mol. The highest BCUT2D eigenvalue weighted by Crippen LogP contribution is 2.36. The van der Waals surface area contributed by atoms with E-state index in [2.05, 4.69) is 15.2 Å². The molecule has 1 aromatic carbocycles. The minimum atomic E-state index is -3.03. The second-order valence-corrected chi connectivity index (χ2v) is 10.5. The molecule has 3 amide bonds. The largest absolute Gasteiger partial charge is 0.447 e. The van der Waals surface area contributed by atoms with Crippen LogP contribution >= 0.6 is 0 Å². The van der Waals surface area contributed by atoms with Crippen molar-refractivity contribution >= 4 is 41.1 Å². The number of hydrogen-bond donors (Lipinski definition) is 1. The van der Waals surface area contributed by atoms with E-state index in [1.54, 1.807) is 13.8 Å². The molecule has 40 heavy (non-hydrogen) atoms. The molecule has 4 rings (SSSR count). The summed E-state index contributed by atoms with van der Waals surface area (Å²) in [4.78, 5) is 46.4. The van der Waals surface area contributed by atoms with Crippen molar-refractivity contribution in [3.05, 3.63) is 41.2 Å². The van der Waals surface area contributed by atoms with E-state index >= 15 is 4.39 Å². The van der Waals surface area contributed by atoms with Crippen molar-refractivity contribution in [3.63, 3.8) is 0 Å². The lowest BCUT2D eigenvalue weighted by atomic mass is 9.96. The standard InChI is InChI=1S/C28H34F3N5O4/c1-16(2)40-28(39)36-7-5-6-18(15-36)19-10-23(24(12-22(19)29)35-9-8-34(4)17(3)14-35)33-27(38)21-13-32-25(37)11-20(21)26(30)31/h6,10-13,16-17,21,26H,5,7-9,14-15H2,1-4H3,(H,33,38)/t17-,21?/m0/s1. The van der Waals surface area contributed by atoms with Gasteiger partial charge < -0.3 is 24.8 Å². The lowest BCUT2D eigenvalue weighted by Crippen LogP contribution is -2.50. The quantitative estimate of drug-likeness (QED) is 0.565. The average molecular weight is 562 g/mol. The number of hydrogen-bond acceptors (Lipinski definition) is 6. The van der Waals surface area contributed by atoms with Crippen LogP contribution in [-0.2, 0) is 14.3 Å². The van der Waals surface area contributed by atoms with Gasteiger partial charge in [0, 0.05) is 62.2 Å². The maximum absolute atomic E-state index is 15.7. The minimum absolute atomic E-state index is 0.108. The van der Waals surface area contributed by atoms with Gasteiger partial charge in [0.05, 0.1) is 17.5 Å². The SMILES string of the molecule is CC(C)OC(=O)N1CCC=C(c2cc(NC(=O)C3C=NC(=O)C=C3C(F)F)c(N3CCN(C)[C@@H](C)C3)cc2F)C1. The van der Waals surface area contributed by atoms with Gasteiger partial charge >= 0.3 is 6.09 Å². The van der Waals surface area contributed by atoms with Crippen molar-refractivity contribution in [2.75, 3.05) is 50.0 Å². The first kappa shape index (κ1) is 29.3. The van der Waals surface area contributed by atoms with Crippen LogP contribution in [0.25, 0.3) is 5.57 Å². The molecule has 12 heteroatoms. The number of amides is 3. The van der Waals surface area contributed by atoms with Crippen LogP contribution in [0, 0.1) is 11.7 Å². The van der Waals surface area contributed by atoms with Crippen LogP contribution in [0.2, 0.25) is 0 Å². The van der Waals surface area contributed by atoms with Gasteiger partial charge in [-0.15, -0.1) is 0 Å². The monoisotopic (exact) mass is 561 g/mol. The van der Waals surface area contributed by atoms with Crippen LogP contribution in [0.4, 0.5) is 29.3 Å². The zero-order valence-corrected chi connectivity index (χ0v) is 23.0. The summed E-state index contributed by atoms with van der Waals surface area (Å²) in [5, 5.41) is 2.70. The van der Waals surface area contributed by atoms with E-state index < -0.39 is 41.6 Å². The fourth-order valence-electron chi connectivity index (χ4n) is 4.94. The number of halogens is 3. The molecule has 3 aliphatic rings. The first-order valence-electron chi connectivity index (χ1n) is 13.3. The first-order chi connectivity index (χ1) is 18.9. The number of carbonyl (C=O) groups is 3. The highest BCUT2D eigenvalue weighted by Gasteiger charge is 2.33. The fourth-order valence-corrected chi connectivity index (χ4v) is 4.94. The van der Waals surface area contributed by atoms with Crippen molar-refractivity contribution in [3.8, 4) is 0 Å². The van der Waals surface area contributed by atoms with Crippen LogP contribution < -0.4 is 10.2 Å². The van der Waals surface area contributed by atoms with Crippen molar-refractivity contribution in [2.45, 2.75) is 45.8 Å². The lowest BCUT2D eigenvalue weighted by Gasteiger charge is -2.40. The molecule has 9 nitrogen and oxygen atoms in total. The lowest BCUT2D eigenvalue weighted by molar-refractivity contribution is -0.117. The van der Waals surface area contributed by atoms with E-state index in [0.717, 1.165) is 6.21 Å². The number of dihydropyridines is 1. The number of likely N-dealkylation sites (N-methyl/N-ethyl adjacent to an activating group) is 1. The molecule has 1 N–H and O–H groups in total. The van der Waals surface area contributed by atoms with Crippen molar-refractivity contribution in [1.29, 1.82) is 0 Å². The summed E-state index contributed by atoms with van der Waals surface area (Å²) in [7, 11) is 1.99. The minimum Gasteiger partial charge on any atom is -0.447 e. The van der Waals surface area contributed by atoms with Gasteiger partial charge in [-0.25, -0.2) is 23.0 Å². The Morgan fingerprint density at radius 2 is 1.93 bits per heavy atom. The second kappa shape index (κ2) is 12.2. The van der Waals surface area contributed by atoms with Gasteiger partial charge in [0.2, 0.25) is 5.91 Å². The number of anilines is 2. The molecule has 0 aromatic heterocycles. The Hall–Kier alpha value is -3.67. The number of aliphatic imine (C=N–C) groups is 1. The summed E-state index contributed by atoms with van der Waals surface area (Å²) in [5.41, 5.74) is 0.716. The number of alkyl halides is 2.